The van der Waals surface area contributed by atoms with Gasteiger partial charge in [-0.1, -0.05) is 0 Å². The number of amides is 1. The summed E-state index contributed by atoms with van der Waals surface area (Å²) in [5.74, 6) is -0.681. The Morgan fingerprint density at radius 3 is 2.90 bits per heavy atom. The Labute approximate surface area is 174 Å². The highest BCUT2D eigenvalue weighted by molar-refractivity contribution is 7.51. The summed E-state index contributed by atoms with van der Waals surface area (Å²) in [7, 11) is -4.56. The first-order valence-electron chi connectivity index (χ1n) is 9.43. The minimum absolute atomic E-state index is 0.00230. The van der Waals surface area contributed by atoms with E-state index in [0.717, 1.165) is 17.3 Å². The molecule has 4 heterocycles. The molecule has 15 nitrogen and oxygen atoms in total. The van der Waals surface area contributed by atoms with Gasteiger partial charge in [0.05, 0.1) is 12.6 Å². The second-order valence-electron chi connectivity index (χ2n) is 7.25. The molecule has 0 aromatic carbocycles. The maximum Gasteiger partial charge on any atom is 0.432 e. The van der Waals surface area contributed by atoms with E-state index in [-0.39, 0.29) is 17.0 Å². The number of aromatic nitrogens is 4. The van der Waals surface area contributed by atoms with Gasteiger partial charge in [0.25, 0.3) is 0 Å². The van der Waals surface area contributed by atoms with Crippen molar-refractivity contribution in [1.82, 2.24) is 29.9 Å². The van der Waals surface area contributed by atoms with Crippen molar-refractivity contribution in [2.45, 2.75) is 43.4 Å². The van der Waals surface area contributed by atoms with E-state index in [2.05, 4.69) is 20.3 Å². The topological polar surface area (TPSA) is 227 Å². The first-order valence-corrected chi connectivity index (χ1v) is 11.0. The first-order chi connectivity index (χ1) is 14.7. The zero-order valence-electron chi connectivity index (χ0n) is 16.0. The number of nitrogens with two attached hydrogens (primary N) is 1. The van der Waals surface area contributed by atoms with Crippen molar-refractivity contribution < 1.29 is 33.7 Å². The van der Waals surface area contributed by atoms with Gasteiger partial charge in [-0.3, -0.25) is 14.4 Å². The van der Waals surface area contributed by atoms with E-state index in [0.29, 0.717) is 13.0 Å². The number of aromatic amines is 1. The molecule has 0 saturated carbocycles. The number of rotatable bonds is 6. The molecule has 170 valence electrons. The Morgan fingerprint density at radius 2 is 2.19 bits per heavy atom. The molecule has 2 aliphatic rings. The molecule has 0 spiro atoms. The summed E-state index contributed by atoms with van der Waals surface area (Å²) in [5.41, 5.74) is 5.15. The van der Waals surface area contributed by atoms with Crippen molar-refractivity contribution in [2.75, 3.05) is 18.9 Å². The molecule has 6 atom stereocenters. The van der Waals surface area contributed by atoms with Gasteiger partial charge in [0, 0.05) is 0 Å². The second kappa shape index (κ2) is 8.27. The van der Waals surface area contributed by atoms with Gasteiger partial charge in [-0.25, -0.2) is 23.9 Å². The Morgan fingerprint density at radius 1 is 1.42 bits per heavy atom. The Kier molecular flexibility index (Phi) is 5.83. The van der Waals surface area contributed by atoms with E-state index < -0.39 is 56.5 Å². The Bertz CT molecular complexity index is 1080. The van der Waals surface area contributed by atoms with Gasteiger partial charge in [-0.2, -0.15) is 0 Å². The van der Waals surface area contributed by atoms with Crippen LogP contribution in [0.5, 0.6) is 0 Å². The molecule has 4 rings (SSSR count). The van der Waals surface area contributed by atoms with Gasteiger partial charge in [0.15, 0.2) is 17.7 Å². The molecule has 16 heteroatoms. The maximum absolute atomic E-state index is 12.3. The summed E-state index contributed by atoms with van der Waals surface area (Å²) >= 11 is 0. The van der Waals surface area contributed by atoms with Crippen molar-refractivity contribution >= 4 is 30.6 Å². The van der Waals surface area contributed by atoms with Crippen LogP contribution in [-0.4, -0.2) is 78.0 Å². The van der Waals surface area contributed by atoms with Crippen LogP contribution in [0, 0.1) is 0 Å². The zero-order valence-corrected chi connectivity index (χ0v) is 16.9. The Balaban J connectivity index is 1.45. The number of hydrogen-bond acceptors (Lipinski definition) is 11. The van der Waals surface area contributed by atoms with Crippen LogP contribution in [0.25, 0.3) is 11.2 Å². The van der Waals surface area contributed by atoms with Crippen LogP contribution in [-0.2, 0) is 18.6 Å². The number of aliphatic hydroxyl groups excluding tert-OH is 2. The summed E-state index contributed by atoms with van der Waals surface area (Å²) in [5, 5.41) is 25.5. The number of nitrogens with zero attached hydrogens (tertiary/aromatic N) is 3. The molecular formula is C15H22N7O8P. The van der Waals surface area contributed by atoms with Gasteiger partial charge < -0.3 is 35.9 Å². The van der Waals surface area contributed by atoms with Crippen LogP contribution in [0.3, 0.4) is 0 Å². The van der Waals surface area contributed by atoms with Crippen molar-refractivity contribution in [2.24, 2.45) is 0 Å². The van der Waals surface area contributed by atoms with E-state index in [9.17, 15) is 29.3 Å². The number of imidazole rings is 1. The lowest BCUT2D eigenvalue weighted by atomic mass is 10.1. The lowest BCUT2D eigenvalue weighted by Gasteiger charge is -2.19. The Hall–Kier alpha value is -2.39. The van der Waals surface area contributed by atoms with Crippen molar-refractivity contribution in [3.8, 4) is 0 Å². The second-order valence-corrected chi connectivity index (χ2v) is 8.77. The number of nitrogens with one attached hydrogen (secondary N) is 3. The molecule has 31 heavy (non-hydrogen) atoms. The highest BCUT2D eigenvalue weighted by Crippen LogP contribution is 2.39. The number of aliphatic hydroxyl groups is 2. The molecule has 0 bridgehead atoms. The van der Waals surface area contributed by atoms with E-state index >= 15 is 0 Å². The fraction of sp³-hybridized carbons (Fsp3) is 0.600. The molecule has 1 unspecified atom stereocenters. The normalized spacial score (nSPS) is 30.5. The molecule has 2 aromatic rings. The SMILES string of the molecule is Nc1ncnc2c1[nH]c(=O)n2[C@@H]1O[C@H](COP(=O)(O)NC(=O)[C@@H]2CCCN2)[C@H](O)[C@@H]1O. The standard InChI is InChI=1S/C15H22N7O8P/c16-11-8-12(19-5-18-11)22(15(26)20-8)14-10(24)9(23)7(30-14)4-29-31(27,28)21-13(25)6-2-1-3-17-6/h5-7,9-10,14,17,23-24H,1-4H2,(H,20,26)(H2,16,18,19)(H2,21,25,27,28)/t6-,7+,9-,10-,14+/m0/s1. The van der Waals surface area contributed by atoms with Crippen LogP contribution in [0.4, 0.5) is 5.82 Å². The summed E-state index contributed by atoms with van der Waals surface area (Å²) in [4.78, 5) is 44.4. The van der Waals surface area contributed by atoms with E-state index in [1.165, 1.54) is 0 Å². The van der Waals surface area contributed by atoms with E-state index in [4.69, 9.17) is 15.0 Å². The van der Waals surface area contributed by atoms with Gasteiger partial charge in [-0.05, 0) is 19.4 Å². The maximum atomic E-state index is 12.3. The average molecular weight is 459 g/mol. The summed E-state index contributed by atoms with van der Waals surface area (Å²) < 4.78 is 23.5. The van der Waals surface area contributed by atoms with Gasteiger partial charge >= 0.3 is 13.4 Å². The quantitative estimate of drug-likeness (QED) is 0.219. The zero-order chi connectivity index (χ0) is 22.3. The molecule has 8 N–H and O–H groups in total. The fourth-order valence-corrected chi connectivity index (χ4v) is 4.45. The number of carbonyl (C=O) groups excluding carboxylic acids is 1. The highest BCUT2D eigenvalue weighted by Gasteiger charge is 2.46. The number of fused-ring (bicyclic) bond motifs is 1. The number of ether oxygens (including phenoxy) is 1. The first kappa shape index (κ1) is 21.8. The summed E-state index contributed by atoms with van der Waals surface area (Å²) in [6, 6.07) is -0.591. The van der Waals surface area contributed by atoms with Crippen molar-refractivity contribution in [3.05, 3.63) is 16.8 Å². The van der Waals surface area contributed by atoms with Crippen LogP contribution in [0.2, 0.25) is 0 Å². The fourth-order valence-electron chi connectivity index (χ4n) is 3.60. The van der Waals surface area contributed by atoms with Crippen LogP contribution in [0.1, 0.15) is 19.1 Å². The van der Waals surface area contributed by atoms with Crippen molar-refractivity contribution in [3.63, 3.8) is 0 Å². The number of H-pyrrole nitrogens is 1. The molecule has 1 amide bonds. The van der Waals surface area contributed by atoms with E-state index in [1.54, 1.807) is 0 Å². The molecule has 2 saturated heterocycles. The number of carbonyl (C=O) groups is 1. The van der Waals surface area contributed by atoms with Crippen LogP contribution in [0.15, 0.2) is 11.1 Å². The third-order valence-corrected chi connectivity index (χ3v) is 6.17. The van der Waals surface area contributed by atoms with Gasteiger partial charge in [-0.15, -0.1) is 0 Å². The monoisotopic (exact) mass is 459 g/mol. The highest BCUT2D eigenvalue weighted by atomic mass is 31.2. The molecular weight excluding hydrogens is 437 g/mol. The van der Waals surface area contributed by atoms with Crippen LogP contribution < -0.4 is 21.8 Å². The number of anilines is 1. The molecule has 2 fully saturated rings. The molecule has 2 aromatic heterocycles. The molecule has 0 radical (unpaired) electrons. The lowest BCUT2D eigenvalue weighted by molar-refractivity contribution is -0.121. The van der Waals surface area contributed by atoms with Crippen LogP contribution >= 0.6 is 7.75 Å². The number of hydrogen-bond donors (Lipinski definition) is 7. The minimum atomic E-state index is -4.56. The third-order valence-electron chi connectivity index (χ3n) is 5.17. The van der Waals surface area contributed by atoms with Crippen molar-refractivity contribution in [1.29, 1.82) is 0 Å². The van der Waals surface area contributed by atoms with Gasteiger partial charge in [0.1, 0.15) is 30.2 Å². The average Bonchev–Trinajstić information content (AvgIpc) is 3.41. The van der Waals surface area contributed by atoms with Gasteiger partial charge in [0.2, 0.25) is 5.91 Å². The third kappa shape index (κ3) is 4.21. The predicted molar refractivity (Wildman–Crippen MR) is 103 cm³/mol. The number of nitrogen functional groups attached to an aromatic ring is 1. The smallest absolute Gasteiger partial charge is 0.387 e. The predicted octanol–water partition coefficient (Wildman–Crippen LogP) is -2.69. The largest absolute Gasteiger partial charge is 0.432 e. The lowest BCUT2D eigenvalue weighted by Crippen LogP contribution is -2.39. The molecule has 0 aliphatic carbocycles. The molecule has 2 aliphatic heterocycles. The minimum Gasteiger partial charge on any atom is -0.387 e. The summed E-state index contributed by atoms with van der Waals surface area (Å²) in [6.45, 7) is -0.0189. The van der Waals surface area contributed by atoms with E-state index in [1.807, 2.05) is 5.09 Å². The summed E-state index contributed by atoms with van der Waals surface area (Å²) in [6.07, 6.45) is -3.40.